The van der Waals surface area contributed by atoms with E-state index in [0.717, 1.165) is 6.07 Å². The summed E-state index contributed by atoms with van der Waals surface area (Å²) < 4.78 is 17.8. The van der Waals surface area contributed by atoms with E-state index in [-0.39, 0.29) is 12.0 Å². The van der Waals surface area contributed by atoms with Crippen LogP contribution in [0.3, 0.4) is 0 Å². The summed E-state index contributed by atoms with van der Waals surface area (Å²) in [6.45, 7) is 0. The Hall–Kier alpha value is -1.13. The molecule has 2 N–H and O–H groups in total. The molecule has 82 valence electrons. The van der Waals surface area contributed by atoms with Crippen LogP contribution in [0, 0.1) is 5.82 Å². The zero-order valence-electron chi connectivity index (χ0n) is 8.17. The highest BCUT2D eigenvalue weighted by Gasteiger charge is 2.15. The van der Waals surface area contributed by atoms with Gasteiger partial charge in [0, 0.05) is 16.6 Å². The Morgan fingerprint density at radius 3 is 2.87 bits per heavy atom. The Bertz CT molecular complexity index is 370. The van der Waals surface area contributed by atoms with Crippen molar-refractivity contribution in [2.75, 3.05) is 7.11 Å². The van der Waals surface area contributed by atoms with E-state index in [1.165, 1.54) is 19.2 Å². The molecule has 1 atom stereocenters. The van der Waals surface area contributed by atoms with Crippen molar-refractivity contribution in [3.05, 3.63) is 34.6 Å². The predicted molar refractivity (Wildman–Crippen MR) is 55.0 cm³/mol. The van der Waals surface area contributed by atoms with Crippen LogP contribution >= 0.6 is 11.6 Å². The first-order chi connectivity index (χ1) is 7.04. The smallest absolute Gasteiger partial charge is 0.307 e. The van der Waals surface area contributed by atoms with Gasteiger partial charge < -0.3 is 10.5 Å². The first kappa shape index (κ1) is 11.9. The van der Waals surface area contributed by atoms with E-state index < -0.39 is 17.8 Å². The highest BCUT2D eigenvalue weighted by Crippen LogP contribution is 2.21. The number of methoxy groups -OCH3 is 1. The molecule has 0 unspecified atom stereocenters. The van der Waals surface area contributed by atoms with Crippen LogP contribution < -0.4 is 5.73 Å². The predicted octanol–water partition coefficient (Wildman–Crippen LogP) is 2.04. The molecule has 0 aliphatic heterocycles. The fourth-order valence-corrected chi connectivity index (χ4v) is 1.33. The highest BCUT2D eigenvalue weighted by atomic mass is 35.5. The summed E-state index contributed by atoms with van der Waals surface area (Å²) >= 11 is 5.58. The third-order valence-electron chi connectivity index (χ3n) is 1.98. The minimum absolute atomic E-state index is 0.0605. The summed E-state index contributed by atoms with van der Waals surface area (Å²) in [6, 6.07) is 3.44. The lowest BCUT2D eigenvalue weighted by Crippen LogP contribution is -2.17. The number of esters is 1. The fraction of sp³-hybridized carbons (Fsp3) is 0.300. The SMILES string of the molecule is COC(=O)C[C@@H](N)c1ccc(Cl)cc1F. The number of ether oxygens (including phenoxy) is 1. The average Bonchev–Trinajstić information content (AvgIpc) is 2.17. The standard InChI is InChI=1S/C10H11ClFNO2/c1-15-10(14)5-9(13)7-3-2-6(11)4-8(7)12/h2-4,9H,5,13H2,1H3/t9-/m1/s1. The number of nitrogens with two attached hydrogens (primary N) is 1. The summed E-state index contributed by atoms with van der Waals surface area (Å²) in [6.07, 6.45) is -0.0605. The van der Waals surface area contributed by atoms with Gasteiger partial charge in [0.15, 0.2) is 0 Å². The minimum Gasteiger partial charge on any atom is -0.469 e. The lowest BCUT2D eigenvalue weighted by Gasteiger charge is -2.11. The molecule has 0 saturated carbocycles. The van der Waals surface area contributed by atoms with Gasteiger partial charge in [-0.15, -0.1) is 0 Å². The van der Waals surface area contributed by atoms with Crippen LogP contribution in [0.25, 0.3) is 0 Å². The quantitative estimate of drug-likeness (QED) is 0.810. The van der Waals surface area contributed by atoms with Crippen molar-refractivity contribution >= 4 is 17.6 Å². The van der Waals surface area contributed by atoms with Crippen LogP contribution in [0.5, 0.6) is 0 Å². The molecule has 0 saturated heterocycles. The molecule has 0 amide bonds. The van der Waals surface area contributed by atoms with E-state index >= 15 is 0 Å². The van der Waals surface area contributed by atoms with Gasteiger partial charge in [-0.2, -0.15) is 0 Å². The van der Waals surface area contributed by atoms with Gasteiger partial charge in [-0.25, -0.2) is 4.39 Å². The minimum atomic E-state index is -0.713. The maximum Gasteiger partial charge on any atom is 0.307 e. The number of carbonyl (C=O) groups excluding carboxylic acids is 1. The van der Waals surface area contributed by atoms with Crippen LogP contribution in [0.1, 0.15) is 18.0 Å². The molecule has 1 aromatic rings. The molecule has 0 spiro atoms. The van der Waals surface area contributed by atoms with Crippen molar-refractivity contribution in [2.45, 2.75) is 12.5 Å². The lowest BCUT2D eigenvalue weighted by atomic mass is 10.0. The lowest BCUT2D eigenvalue weighted by molar-refractivity contribution is -0.141. The monoisotopic (exact) mass is 231 g/mol. The van der Waals surface area contributed by atoms with E-state index in [4.69, 9.17) is 17.3 Å². The molecule has 0 radical (unpaired) electrons. The first-order valence-corrected chi connectivity index (χ1v) is 4.69. The average molecular weight is 232 g/mol. The van der Waals surface area contributed by atoms with Crippen LogP contribution in [-0.2, 0) is 9.53 Å². The molecule has 1 rings (SSSR count). The topological polar surface area (TPSA) is 52.3 Å². The Morgan fingerprint density at radius 1 is 1.67 bits per heavy atom. The van der Waals surface area contributed by atoms with E-state index in [1.807, 2.05) is 0 Å². The molecule has 5 heteroatoms. The van der Waals surface area contributed by atoms with Crippen molar-refractivity contribution in [1.29, 1.82) is 0 Å². The Kier molecular flexibility index (Phi) is 4.05. The molecule has 1 aromatic carbocycles. The second-order valence-corrected chi connectivity index (χ2v) is 3.49. The number of rotatable bonds is 3. The molecule has 0 heterocycles. The summed E-state index contributed by atoms with van der Waals surface area (Å²) in [7, 11) is 1.26. The van der Waals surface area contributed by atoms with Crippen molar-refractivity contribution in [3.63, 3.8) is 0 Å². The second kappa shape index (κ2) is 5.09. The molecule has 3 nitrogen and oxygen atoms in total. The van der Waals surface area contributed by atoms with Crippen molar-refractivity contribution in [1.82, 2.24) is 0 Å². The second-order valence-electron chi connectivity index (χ2n) is 3.05. The van der Waals surface area contributed by atoms with Crippen LogP contribution in [0.4, 0.5) is 4.39 Å². The molecular formula is C10H11ClFNO2. The Morgan fingerprint density at radius 2 is 2.33 bits per heavy atom. The van der Waals surface area contributed by atoms with Gasteiger partial charge in [-0.3, -0.25) is 4.79 Å². The summed E-state index contributed by atoms with van der Waals surface area (Å²) in [4.78, 5) is 10.9. The van der Waals surface area contributed by atoms with Gasteiger partial charge in [0.1, 0.15) is 5.82 Å². The maximum atomic E-state index is 13.3. The number of benzene rings is 1. The van der Waals surface area contributed by atoms with Gasteiger partial charge in [-0.1, -0.05) is 17.7 Å². The number of halogens is 2. The van der Waals surface area contributed by atoms with Crippen LogP contribution in [0.15, 0.2) is 18.2 Å². The molecular weight excluding hydrogens is 221 g/mol. The van der Waals surface area contributed by atoms with Gasteiger partial charge >= 0.3 is 5.97 Å². The number of hydrogen-bond donors (Lipinski definition) is 1. The maximum absolute atomic E-state index is 13.3. The Labute approximate surface area is 92.0 Å². The van der Waals surface area contributed by atoms with Gasteiger partial charge in [0.25, 0.3) is 0 Å². The van der Waals surface area contributed by atoms with Crippen molar-refractivity contribution in [2.24, 2.45) is 5.73 Å². The normalized spacial score (nSPS) is 12.3. The zero-order chi connectivity index (χ0) is 11.4. The van der Waals surface area contributed by atoms with E-state index in [0.29, 0.717) is 5.02 Å². The van der Waals surface area contributed by atoms with E-state index in [2.05, 4.69) is 4.74 Å². The van der Waals surface area contributed by atoms with Gasteiger partial charge in [0.05, 0.1) is 13.5 Å². The van der Waals surface area contributed by atoms with Gasteiger partial charge in [0.2, 0.25) is 0 Å². The van der Waals surface area contributed by atoms with E-state index in [1.54, 1.807) is 0 Å². The van der Waals surface area contributed by atoms with Gasteiger partial charge in [-0.05, 0) is 12.1 Å². The third kappa shape index (κ3) is 3.18. The molecule has 0 aliphatic rings. The highest BCUT2D eigenvalue weighted by molar-refractivity contribution is 6.30. The van der Waals surface area contributed by atoms with Crippen LogP contribution in [-0.4, -0.2) is 13.1 Å². The Balaban J connectivity index is 2.82. The third-order valence-corrected chi connectivity index (χ3v) is 2.21. The first-order valence-electron chi connectivity index (χ1n) is 4.32. The molecule has 15 heavy (non-hydrogen) atoms. The molecule has 0 bridgehead atoms. The number of hydrogen-bond acceptors (Lipinski definition) is 3. The van der Waals surface area contributed by atoms with Crippen molar-refractivity contribution < 1.29 is 13.9 Å². The summed E-state index contributed by atoms with van der Waals surface area (Å²) in [5.74, 6) is -0.990. The zero-order valence-corrected chi connectivity index (χ0v) is 8.92. The molecule has 0 aromatic heterocycles. The van der Waals surface area contributed by atoms with E-state index in [9.17, 15) is 9.18 Å². The largest absolute Gasteiger partial charge is 0.469 e. The fourth-order valence-electron chi connectivity index (χ4n) is 1.18. The van der Waals surface area contributed by atoms with Crippen LogP contribution in [0.2, 0.25) is 5.02 Å². The number of carbonyl (C=O) groups is 1. The summed E-state index contributed by atoms with van der Waals surface area (Å²) in [5, 5.41) is 0.293. The van der Waals surface area contributed by atoms with Crippen molar-refractivity contribution in [3.8, 4) is 0 Å². The molecule has 0 fully saturated rings. The molecule has 0 aliphatic carbocycles. The summed E-state index contributed by atoms with van der Waals surface area (Å²) in [5.41, 5.74) is 5.89.